The summed E-state index contributed by atoms with van der Waals surface area (Å²) >= 11 is 0. The van der Waals surface area contributed by atoms with Gasteiger partial charge in [-0.3, -0.25) is 4.79 Å². The molecule has 0 fully saturated rings. The molecule has 0 unspecified atom stereocenters. The van der Waals surface area contributed by atoms with Gasteiger partial charge in [-0.2, -0.15) is 17.6 Å². The molecule has 0 radical (unpaired) electrons. The van der Waals surface area contributed by atoms with E-state index in [4.69, 9.17) is 0 Å². The molecule has 0 bridgehead atoms. The van der Waals surface area contributed by atoms with Gasteiger partial charge in [-0.1, -0.05) is 18.2 Å². The molecule has 1 amide bonds. The first-order chi connectivity index (χ1) is 13.4. The molecule has 0 spiro atoms. The van der Waals surface area contributed by atoms with E-state index in [9.17, 15) is 18.0 Å². The Balaban J connectivity index is 1.86. The fourth-order valence-corrected chi connectivity index (χ4v) is 2.93. The van der Waals surface area contributed by atoms with Gasteiger partial charge in [0, 0.05) is 6.20 Å². The fourth-order valence-electron chi connectivity index (χ4n) is 2.93. The van der Waals surface area contributed by atoms with Gasteiger partial charge in [0.25, 0.3) is 5.82 Å². The van der Waals surface area contributed by atoms with Crippen molar-refractivity contribution in [2.75, 3.05) is 5.32 Å². The number of nitrogens with one attached hydrogen (secondary N) is 2. The van der Waals surface area contributed by atoms with Crippen LogP contribution in [0.2, 0.25) is 0 Å². The number of anilines is 1. The molecule has 0 aliphatic heterocycles. The van der Waals surface area contributed by atoms with Crippen LogP contribution in [-0.4, -0.2) is 20.9 Å². The maximum Gasteiger partial charge on any atom is 0.417 e. The molecule has 3 aromatic heterocycles. The van der Waals surface area contributed by atoms with E-state index >= 15 is 0 Å². The second-order valence-electron chi connectivity index (χ2n) is 5.90. The van der Waals surface area contributed by atoms with Gasteiger partial charge >= 0.3 is 12.1 Å². The molecule has 0 saturated heterocycles. The molecule has 9 heteroatoms. The number of rotatable bonds is 3. The van der Waals surface area contributed by atoms with Crippen LogP contribution in [0.25, 0.3) is 16.9 Å². The van der Waals surface area contributed by atoms with Gasteiger partial charge in [0.2, 0.25) is 5.69 Å². The predicted molar refractivity (Wildman–Crippen MR) is 94.4 cm³/mol. The summed E-state index contributed by atoms with van der Waals surface area (Å²) < 4.78 is 41.9. The van der Waals surface area contributed by atoms with Crippen LogP contribution in [0, 0.1) is 0 Å². The van der Waals surface area contributed by atoms with Gasteiger partial charge in [-0.25, -0.2) is 15.0 Å². The lowest BCUT2D eigenvalue weighted by molar-refractivity contribution is -0.498. The Bertz CT molecular complexity index is 1160. The molecule has 6 nitrogen and oxygen atoms in total. The third-order valence-electron chi connectivity index (χ3n) is 4.14. The van der Waals surface area contributed by atoms with E-state index in [1.807, 2.05) is 0 Å². The quantitative estimate of drug-likeness (QED) is 0.531. The molecular weight excluding hydrogens is 371 g/mol. The molecule has 28 heavy (non-hydrogen) atoms. The van der Waals surface area contributed by atoms with Gasteiger partial charge in [0.1, 0.15) is 12.1 Å². The first kappa shape index (κ1) is 17.7. The number of hydrogen-bond acceptors (Lipinski definition) is 3. The van der Waals surface area contributed by atoms with E-state index in [1.54, 1.807) is 24.4 Å². The molecule has 4 aromatic rings. The summed E-state index contributed by atoms with van der Waals surface area (Å²) in [5.74, 6) is -0.101. The fraction of sp³-hybridized carbons (Fsp3) is 0.0526. The number of hydrogen-bond donors (Lipinski definition) is 2. The lowest BCUT2D eigenvalue weighted by atomic mass is 10.1. The van der Waals surface area contributed by atoms with Crippen LogP contribution in [0.3, 0.4) is 0 Å². The Morgan fingerprint density at radius 3 is 2.61 bits per heavy atom. The van der Waals surface area contributed by atoms with Crippen LogP contribution in [0.1, 0.15) is 16.1 Å². The van der Waals surface area contributed by atoms with Crippen LogP contribution >= 0.6 is 0 Å². The number of benzene rings is 1. The van der Waals surface area contributed by atoms with E-state index in [2.05, 4.69) is 20.3 Å². The minimum Gasteiger partial charge on any atom is -0.303 e. The van der Waals surface area contributed by atoms with E-state index < -0.39 is 17.6 Å². The Morgan fingerprint density at radius 1 is 1.07 bits per heavy atom. The number of alkyl halides is 3. The van der Waals surface area contributed by atoms with Crippen molar-refractivity contribution in [1.29, 1.82) is 0 Å². The normalized spacial score (nSPS) is 11.5. The predicted octanol–water partition coefficient (Wildman–Crippen LogP) is 3.48. The molecule has 4 rings (SSSR count). The standard InChI is InChI=1S/C19H12F3N5O/c20-19(21,22)13-6-2-1-5-12(13)17-26-16(14-7-3-4-10-27(14)17)18(28)25-15-8-9-23-11-24-15/h1-11H,(H,23,24,25,28)/p+1. The maximum absolute atomic E-state index is 13.5. The van der Waals surface area contributed by atoms with Gasteiger partial charge < -0.3 is 5.32 Å². The lowest BCUT2D eigenvalue weighted by Gasteiger charge is -2.09. The Labute approximate surface area is 156 Å². The number of halogens is 3. The van der Waals surface area contributed by atoms with Crippen molar-refractivity contribution in [2.45, 2.75) is 6.18 Å². The molecule has 140 valence electrons. The van der Waals surface area contributed by atoms with Crippen LogP contribution in [0.4, 0.5) is 19.0 Å². The Hall–Kier alpha value is -3.75. The number of nitrogens with zero attached hydrogens (tertiary/aromatic N) is 3. The number of aromatic nitrogens is 4. The maximum atomic E-state index is 13.5. The lowest BCUT2D eigenvalue weighted by Crippen LogP contribution is -2.23. The van der Waals surface area contributed by atoms with E-state index in [-0.39, 0.29) is 22.9 Å². The van der Waals surface area contributed by atoms with Crippen LogP contribution in [0.5, 0.6) is 0 Å². The highest BCUT2D eigenvalue weighted by atomic mass is 19.4. The van der Waals surface area contributed by atoms with Crippen molar-refractivity contribution >= 4 is 17.2 Å². The van der Waals surface area contributed by atoms with E-state index in [1.165, 1.54) is 41.2 Å². The molecule has 1 aromatic carbocycles. The van der Waals surface area contributed by atoms with Crippen molar-refractivity contribution in [3.05, 3.63) is 78.5 Å². The topological polar surface area (TPSA) is 74.8 Å². The summed E-state index contributed by atoms with van der Waals surface area (Å²) in [4.78, 5) is 23.3. The largest absolute Gasteiger partial charge is 0.417 e. The van der Waals surface area contributed by atoms with E-state index in [0.29, 0.717) is 5.52 Å². The first-order valence-electron chi connectivity index (χ1n) is 8.21. The minimum absolute atomic E-state index is 0.0581. The Morgan fingerprint density at radius 2 is 1.86 bits per heavy atom. The van der Waals surface area contributed by atoms with Crippen LogP contribution in [-0.2, 0) is 6.18 Å². The Kier molecular flexibility index (Phi) is 4.26. The molecule has 0 saturated carbocycles. The number of carbonyl (C=O) groups excluding carboxylic acids is 1. The van der Waals surface area contributed by atoms with Crippen molar-refractivity contribution in [2.24, 2.45) is 0 Å². The first-order valence-corrected chi connectivity index (χ1v) is 8.21. The summed E-state index contributed by atoms with van der Waals surface area (Å²) in [5.41, 5.74) is -0.304. The van der Waals surface area contributed by atoms with Crippen LogP contribution < -0.4 is 9.72 Å². The summed E-state index contributed by atoms with van der Waals surface area (Å²) in [7, 11) is 0. The summed E-state index contributed by atoms with van der Waals surface area (Å²) in [6.07, 6.45) is -0.195. The second-order valence-corrected chi connectivity index (χ2v) is 5.90. The van der Waals surface area contributed by atoms with Crippen molar-refractivity contribution in [3.8, 4) is 11.4 Å². The smallest absolute Gasteiger partial charge is 0.303 e. The van der Waals surface area contributed by atoms with Crippen molar-refractivity contribution in [1.82, 2.24) is 15.0 Å². The molecule has 0 aliphatic carbocycles. The van der Waals surface area contributed by atoms with E-state index in [0.717, 1.165) is 6.07 Å². The highest BCUT2D eigenvalue weighted by molar-refractivity contribution is 6.06. The number of aromatic amines is 1. The molecule has 0 aliphatic rings. The number of imidazole rings is 1. The number of carbonyl (C=O) groups is 1. The zero-order valence-corrected chi connectivity index (χ0v) is 14.2. The second kappa shape index (κ2) is 6.76. The van der Waals surface area contributed by atoms with Crippen molar-refractivity contribution in [3.63, 3.8) is 0 Å². The zero-order valence-electron chi connectivity index (χ0n) is 14.2. The average molecular weight is 384 g/mol. The zero-order chi connectivity index (χ0) is 19.7. The molecule has 0 atom stereocenters. The SMILES string of the molecule is O=C(Nc1ccncn1)c1[nH]c(-c2ccccc2C(F)(F)F)[n+]2ccccc12. The number of pyridine rings is 1. The minimum atomic E-state index is -4.53. The van der Waals surface area contributed by atoms with Gasteiger partial charge in [0.05, 0.1) is 17.3 Å². The van der Waals surface area contributed by atoms with Crippen LogP contribution in [0.15, 0.2) is 67.3 Å². The molecule has 3 heterocycles. The number of H-pyrrole nitrogens is 1. The molecule has 2 N–H and O–H groups in total. The third kappa shape index (κ3) is 3.18. The van der Waals surface area contributed by atoms with Crippen molar-refractivity contribution < 1.29 is 22.4 Å². The molecular formula is C19H13F3N5O+. The highest BCUT2D eigenvalue weighted by Gasteiger charge is 2.37. The van der Waals surface area contributed by atoms with Gasteiger partial charge in [0.15, 0.2) is 5.52 Å². The highest BCUT2D eigenvalue weighted by Crippen LogP contribution is 2.35. The number of fused-ring (bicyclic) bond motifs is 1. The number of amides is 1. The summed E-state index contributed by atoms with van der Waals surface area (Å²) in [6, 6.07) is 11.7. The van der Waals surface area contributed by atoms with Gasteiger partial charge in [-0.15, -0.1) is 0 Å². The average Bonchev–Trinajstić information content (AvgIpc) is 3.08. The summed E-state index contributed by atoms with van der Waals surface area (Å²) in [5, 5.41) is 2.60. The summed E-state index contributed by atoms with van der Waals surface area (Å²) in [6.45, 7) is 0. The monoisotopic (exact) mass is 384 g/mol. The van der Waals surface area contributed by atoms with Gasteiger partial charge in [-0.05, 0) is 30.3 Å². The third-order valence-corrected chi connectivity index (χ3v) is 4.14.